The fraction of sp³-hybridized carbons (Fsp3) is 0.263. The lowest BCUT2D eigenvalue weighted by Gasteiger charge is -2.26. The lowest BCUT2D eigenvalue weighted by Crippen LogP contribution is -2.37. The van der Waals surface area contributed by atoms with Gasteiger partial charge < -0.3 is 10.2 Å². The predicted molar refractivity (Wildman–Crippen MR) is 110 cm³/mol. The third-order valence-corrected chi connectivity index (χ3v) is 5.68. The minimum atomic E-state index is -0.575. The quantitative estimate of drug-likeness (QED) is 0.597. The largest absolute Gasteiger partial charge is 0.337 e. The number of hydrogen-bond donors (Lipinski definition) is 1. The minimum Gasteiger partial charge on any atom is -0.337 e. The maximum atomic E-state index is 12.6. The number of non-ortho nitro benzene ring substituents is 1. The Morgan fingerprint density at radius 2 is 1.89 bits per heavy atom. The Kier molecular flexibility index (Phi) is 6.21. The summed E-state index contributed by atoms with van der Waals surface area (Å²) in [6.07, 6.45) is 0. The fourth-order valence-corrected chi connectivity index (χ4v) is 4.04. The van der Waals surface area contributed by atoms with Crippen molar-refractivity contribution in [2.45, 2.75) is 6.92 Å². The molecule has 1 aliphatic rings. The number of nitrogens with zero attached hydrogens (tertiary/aromatic N) is 2. The molecule has 0 atom stereocenters. The summed E-state index contributed by atoms with van der Waals surface area (Å²) in [5, 5.41) is 13.5. The van der Waals surface area contributed by atoms with Gasteiger partial charge in [0.25, 0.3) is 17.5 Å². The molecule has 0 radical (unpaired) electrons. The van der Waals surface area contributed by atoms with Crippen molar-refractivity contribution < 1.29 is 14.5 Å². The first kappa shape index (κ1) is 20.2. The topological polar surface area (TPSA) is 92.6 Å². The van der Waals surface area contributed by atoms with Crippen LogP contribution in [0.2, 0.25) is 5.02 Å². The minimum absolute atomic E-state index is 0.000815. The molecule has 7 nitrogen and oxygen atoms in total. The summed E-state index contributed by atoms with van der Waals surface area (Å²) < 4.78 is 0. The van der Waals surface area contributed by atoms with E-state index in [0.29, 0.717) is 11.3 Å². The Hall–Kier alpha value is -2.58. The van der Waals surface area contributed by atoms with Crippen LogP contribution in [0.25, 0.3) is 0 Å². The molecule has 1 N–H and O–H groups in total. The van der Waals surface area contributed by atoms with E-state index in [9.17, 15) is 19.7 Å². The van der Waals surface area contributed by atoms with Crippen molar-refractivity contribution in [3.63, 3.8) is 0 Å². The van der Waals surface area contributed by atoms with E-state index in [-0.39, 0.29) is 22.2 Å². The number of aryl methyl sites for hydroxylation is 1. The van der Waals surface area contributed by atoms with Crippen LogP contribution < -0.4 is 5.32 Å². The number of carbonyl (C=O) groups excluding carboxylic acids is 2. The summed E-state index contributed by atoms with van der Waals surface area (Å²) in [5.74, 6) is 1.39. The summed E-state index contributed by atoms with van der Waals surface area (Å²) in [6, 6.07) is 8.80. The zero-order valence-corrected chi connectivity index (χ0v) is 16.7. The number of rotatable bonds is 4. The van der Waals surface area contributed by atoms with Gasteiger partial charge in [0.05, 0.1) is 15.5 Å². The smallest absolute Gasteiger partial charge is 0.270 e. The van der Waals surface area contributed by atoms with Gasteiger partial charge in [0.2, 0.25) is 0 Å². The van der Waals surface area contributed by atoms with Gasteiger partial charge in [-0.2, -0.15) is 11.8 Å². The summed E-state index contributed by atoms with van der Waals surface area (Å²) in [5.41, 5.74) is 1.82. The highest BCUT2D eigenvalue weighted by molar-refractivity contribution is 7.99. The molecule has 0 spiro atoms. The van der Waals surface area contributed by atoms with Gasteiger partial charge in [-0.25, -0.2) is 0 Å². The predicted octanol–water partition coefficient (Wildman–Crippen LogP) is 4.00. The van der Waals surface area contributed by atoms with Crippen LogP contribution in [0.15, 0.2) is 36.4 Å². The monoisotopic (exact) mass is 419 g/mol. The molecular weight excluding hydrogens is 402 g/mol. The van der Waals surface area contributed by atoms with Crippen LogP contribution >= 0.6 is 23.4 Å². The molecule has 0 aromatic heterocycles. The molecule has 2 aromatic rings. The summed E-state index contributed by atoms with van der Waals surface area (Å²) in [7, 11) is 0. The highest BCUT2D eigenvalue weighted by Gasteiger charge is 2.20. The Labute approximate surface area is 171 Å². The highest BCUT2D eigenvalue weighted by Crippen LogP contribution is 2.25. The van der Waals surface area contributed by atoms with Crippen LogP contribution in [0.4, 0.5) is 11.4 Å². The number of nitro benzene ring substituents is 1. The first-order valence-corrected chi connectivity index (χ1v) is 10.1. The Morgan fingerprint density at radius 1 is 1.18 bits per heavy atom. The van der Waals surface area contributed by atoms with Gasteiger partial charge in [-0.05, 0) is 36.8 Å². The molecule has 0 unspecified atom stereocenters. The zero-order valence-electron chi connectivity index (χ0n) is 15.1. The number of anilines is 1. The maximum Gasteiger partial charge on any atom is 0.270 e. The number of hydrogen-bond acceptors (Lipinski definition) is 5. The lowest BCUT2D eigenvalue weighted by molar-refractivity contribution is -0.384. The van der Waals surface area contributed by atoms with Gasteiger partial charge >= 0.3 is 0 Å². The van der Waals surface area contributed by atoms with Crippen LogP contribution in [0.3, 0.4) is 0 Å². The summed E-state index contributed by atoms with van der Waals surface area (Å²) >= 11 is 7.85. The highest BCUT2D eigenvalue weighted by atomic mass is 35.5. The van der Waals surface area contributed by atoms with Crippen molar-refractivity contribution in [2.24, 2.45) is 0 Å². The van der Waals surface area contributed by atoms with E-state index in [2.05, 4.69) is 5.32 Å². The molecule has 2 aromatic carbocycles. The van der Waals surface area contributed by atoms with Gasteiger partial charge in [-0.1, -0.05) is 11.6 Å². The zero-order chi connectivity index (χ0) is 20.3. The van der Waals surface area contributed by atoms with Crippen molar-refractivity contribution in [3.05, 3.63) is 68.2 Å². The van der Waals surface area contributed by atoms with Crippen LogP contribution in [0.5, 0.6) is 0 Å². The molecule has 1 saturated heterocycles. The molecule has 1 fully saturated rings. The molecule has 1 heterocycles. The normalized spacial score (nSPS) is 13.9. The Morgan fingerprint density at radius 3 is 2.50 bits per heavy atom. The third kappa shape index (κ3) is 4.45. The Balaban J connectivity index is 1.75. The van der Waals surface area contributed by atoms with E-state index in [4.69, 9.17) is 11.6 Å². The first-order chi connectivity index (χ1) is 13.4. The van der Waals surface area contributed by atoms with E-state index in [0.717, 1.165) is 36.2 Å². The molecule has 0 saturated carbocycles. The number of carbonyl (C=O) groups is 2. The molecular formula is C19H18ClN3O4S. The number of thioether (sulfide) groups is 1. The van der Waals surface area contributed by atoms with Gasteiger partial charge in [-0.3, -0.25) is 19.7 Å². The fourth-order valence-electron chi connectivity index (χ4n) is 2.88. The third-order valence-electron chi connectivity index (χ3n) is 4.43. The Bertz CT molecular complexity index is 945. The second-order valence-corrected chi connectivity index (χ2v) is 7.94. The van der Waals surface area contributed by atoms with Crippen molar-refractivity contribution in [3.8, 4) is 0 Å². The second kappa shape index (κ2) is 8.62. The first-order valence-electron chi connectivity index (χ1n) is 8.60. The summed E-state index contributed by atoms with van der Waals surface area (Å²) in [6.45, 7) is 3.27. The van der Waals surface area contributed by atoms with Crippen molar-refractivity contribution in [1.82, 2.24) is 4.90 Å². The lowest BCUT2D eigenvalue weighted by atomic mass is 10.1. The average molecular weight is 420 g/mol. The van der Waals surface area contributed by atoms with E-state index in [1.165, 1.54) is 12.1 Å². The van der Waals surface area contributed by atoms with E-state index in [1.807, 2.05) is 16.7 Å². The van der Waals surface area contributed by atoms with Crippen LogP contribution in [0.1, 0.15) is 26.3 Å². The number of benzene rings is 2. The van der Waals surface area contributed by atoms with Gasteiger partial charge in [0.1, 0.15) is 0 Å². The molecule has 146 valence electrons. The van der Waals surface area contributed by atoms with Crippen LogP contribution in [-0.4, -0.2) is 46.2 Å². The SMILES string of the molecule is Cc1cc(C(=O)N2CCSCC2)ccc1NC(=O)c1ccc([N+](=O)[O-])cc1Cl. The van der Waals surface area contributed by atoms with Crippen LogP contribution in [-0.2, 0) is 0 Å². The van der Waals surface area contributed by atoms with Gasteiger partial charge in [0.15, 0.2) is 0 Å². The average Bonchev–Trinajstić information content (AvgIpc) is 2.69. The van der Waals surface area contributed by atoms with Crippen molar-refractivity contribution in [2.75, 3.05) is 29.9 Å². The maximum absolute atomic E-state index is 12.6. The summed E-state index contributed by atoms with van der Waals surface area (Å²) in [4.78, 5) is 37.1. The molecule has 2 amide bonds. The number of amides is 2. The number of nitrogens with one attached hydrogen (secondary N) is 1. The van der Waals surface area contributed by atoms with Crippen molar-refractivity contribution in [1.29, 1.82) is 0 Å². The second-order valence-electron chi connectivity index (χ2n) is 6.31. The standard InChI is InChI=1S/C19H18ClN3O4S/c1-12-10-13(19(25)22-6-8-28-9-7-22)2-5-17(12)21-18(24)15-4-3-14(23(26)27)11-16(15)20/h2-5,10-11H,6-9H2,1H3,(H,21,24). The molecule has 28 heavy (non-hydrogen) atoms. The van der Waals surface area contributed by atoms with E-state index >= 15 is 0 Å². The molecule has 9 heteroatoms. The molecule has 1 aliphatic heterocycles. The van der Waals surface area contributed by atoms with Gasteiger partial charge in [0, 0.05) is 48.0 Å². The molecule has 0 aliphatic carbocycles. The number of nitro groups is 1. The molecule has 3 rings (SSSR count). The van der Waals surface area contributed by atoms with E-state index < -0.39 is 10.8 Å². The number of halogens is 1. The van der Waals surface area contributed by atoms with Gasteiger partial charge in [-0.15, -0.1) is 0 Å². The van der Waals surface area contributed by atoms with Crippen molar-refractivity contribution >= 4 is 46.6 Å². The molecule has 0 bridgehead atoms. The van der Waals surface area contributed by atoms with E-state index in [1.54, 1.807) is 25.1 Å². The van der Waals surface area contributed by atoms with Crippen LogP contribution in [0, 0.1) is 17.0 Å².